The summed E-state index contributed by atoms with van der Waals surface area (Å²) in [6, 6.07) is 23.2. The Morgan fingerprint density at radius 1 is 0.864 bits per heavy atom. The molecule has 0 saturated carbocycles. The van der Waals surface area contributed by atoms with Crippen LogP contribution in [-0.4, -0.2) is 10.8 Å². The third-order valence-electron chi connectivity index (χ3n) is 3.79. The summed E-state index contributed by atoms with van der Waals surface area (Å²) in [6.07, 6.45) is 1.73. The highest BCUT2D eigenvalue weighted by Gasteiger charge is 2.25. The van der Waals surface area contributed by atoms with Crippen LogP contribution >= 0.6 is 0 Å². The number of nitrogens with zero attached hydrogens (tertiary/aromatic N) is 1. The predicted octanol–water partition coefficient (Wildman–Crippen LogP) is 4.40. The molecule has 2 heteroatoms. The second kappa shape index (κ2) is 6.35. The van der Waals surface area contributed by atoms with Gasteiger partial charge < -0.3 is 0 Å². The molecular formula is C20H17NO. The van der Waals surface area contributed by atoms with Crippen molar-refractivity contribution >= 4 is 5.78 Å². The minimum absolute atomic E-state index is 0.0861. The van der Waals surface area contributed by atoms with Gasteiger partial charge in [-0.1, -0.05) is 60.7 Å². The Kier molecular flexibility index (Phi) is 4.10. The molecule has 0 aliphatic carbocycles. The molecule has 108 valence electrons. The van der Waals surface area contributed by atoms with Gasteiger partial charge in [0.25, 0.3) is 0 Å². The summed E-state index contributed by atoms with van der Waals surface area (Å²) in [4.78, 5) is 17.5. The van der Waals surface area contributed by atoms with Gasteiger partial charge >= 0.3 is 0 Å². The maximum Gasteiger partial charge on any atom is 0.176 e. The molecule has 22 heavy (non-hydrogen) atoms. The van der Waals surface area contributed by atoms with Crippen molar-refractivity contribution in [2.75, 3.05) is 0 Å². The molecular weight excluding hydrogens is 270 g/mol. The highest BCUT2D eigenvalue weighted by atomic mass is 16.1. The van der Waals surface area contributed by atoms with Crippen LogP contribution in [0.2, 0.25) is 0 Å². The van der Waals surface area contributed by atoms with Crippen molar-refractivity contribution in [2.24, 2.45) is 0 Å². The average molecular weight is 287 g/mol. The molecule has 2 aromatic carbocycles. The van der Waals surface area contributed by atoms with Crippen LogP contribution < -0.4 is 0 Å². The minimum Gasteiger partial charge on any atom is -0.293 e. The van der Waals surface area contributed by atoms with Crippen LogP contribution in [0, 0.1) is 6.92 Å². The van der Waals surface area contributed by atoms with Crippen molar-refractivity contribution in [1.82, 2.24) is 4.98 Å². The summed E-state index contributed by atoms with van der Waals surface area (Å²) < 4.78 is 0. The van der Waals surface area contributed by atoms with Gasteiger partial charge in [0.2, 0.25) is 0 Å². The summed E-state index contributed by atoms with van der Waals surface area (Å²) in [5.41, 5.74) is 3.49. The molecule has 0 N–H and O–H groups in total. The molecule has 3 rings (SSSR count). The van der Waals surface area contributed by atoms with Crippen molar-refractivity contribution < 1.29 is 4.79 Å². The zero-order valence-corrected chi connectivity index (χ0v) is 12.4. The molecule has 0 unspecified atom stereocenters. The summed E-state index contributed by atoms with van der Waals surface area (Å²) in [6.45, 7) is 1.97. The second-order valence-corrected chi connectivity index (χ2v) is 5.28. The third-order valence-corrected chi connectivity index (χ3v) is 3.79. The topological polar surface area (TPSA) is 30.0 Å². The lowest BCUT2D eigenvalue weighted by atomic mass is 9.86. The van der Waals surface area contributed by atoms with E-state index in [9.17, 15) is 4.79 Å². The maximum atomic E-state index is 13.1. The number of carbonyl (C=O) groups excluding carboxylic acids is 1. The van der Waals surface area contributed by atoms with E-state index in [4.69, 9.17) is 0 Å². The molecule has 1 aromatic heterocycles. The average Bonchev–Trinajstić information content (AvgIpc) is 2.57. The van der Waals surface area contributed by atoms with Crippen LogP contribution in [0.15, 0.2) is 79.0 Å². The Labute approximate surface area is 130 Å². The molecule has 2 nitrogen and oxygen atoms in total. The van der Waals surface area contributed by atoms with Crippen LogP contribution in [0.4, 0.5) is 0 Å². The van der Waals surface area contributed by atoms with E-state index in [0.717, 1.165) is 22.4 Å². The van der Waals surface area contributed by atoms with Crippen LogP contribution in [0.3, 0.4) is 0 Å². The molecule has 0 fully saturated rings. The highest BCUT2D eigenvalue weighted by Crippen LogP contribution is 2.28. The predicted molar refractivity (Wildman–Crippen MR) is 88.0 cm³/mol. The fourth-order valence-electron chi connectivity index (χ4n) is 2.65. The molecule has 3 aromatic rings. The van der Waals surface area contributed by atoms with Gasteiger partial charge in [-0.05, 0) is 30.2 Å². The van der Waals surface area contributed by atoms with Crippen molar-refractivity contribution in [2.45, 2.75) is 12.8 Å². The van der Waals surface area contributed by atoms with E-state index in [-0.39, 0.29) is 11.7 Å². The van der Waals surface area contributed by atoms with E-state index in [0.29, 0.717) is 0 Å². The molecule has 0 radical (unpaired) electrons. The fourth-order valence-corrected chi connectivity index (χ4v) is 2.65. The molecule has 0 saturated heterocycles. The van der Waals surface area contributed by atoms with Crippen molar-refractivity contribution in [1.29, 1.82) is 0 Å². The van der Waals surface area contributed by atoms with Gasteiger partial charge in [-0.3, -0.25) is 9.78 Å². The van der Waals surface area contributed by atoms with Crippen molar-refractivity contribution in [3.63, 3.8) is 0 Å². The molecule has 0 bridgehead atoms. The number of ketones is 1. The van der Waals surface area contributed by atoms with Gasteiger partial charge in [0, 0.05) is 11.8 Å². The number of aromatic nitrogens is 1. The summed E-state index contributed by atoms with van der Waals surface area (Å²) in [7, 11) is 0. The molecule has 0 spiro atoms. The van der Waals surface area contributed by atoms with E-state index < -0.39 is 0 Å². The maximum absolute atomic E-state index is 13.1. The quantitative estimate of drug-likeness (QED) is 0.665. The Bertz CT molecular complexity index is 726. The second-order valence-electron chi connectivity index (χ2n) is 5.28. The summed E-state index contributed by atoms with van der Waals surface area (Å²) in [5.74, 6) is -0.286. The fraction of sp³-hybridized carbons (Fsp3) is 0.100. The third kappa shape index (κ3) is 2.82. The van der Waals surface area contributed by atoms with Gasteiger partial charge in [0.15, 0.2) is 5.78 Å². The van der Waals surface area contributed by atoms with Gasteiger partial charge in [0.05, 0.1) is 11.6 Å². The monoisotopic (exact) mass is 287 g/mol. The number of Topliss-reactive ketones (excluding diaryl/α,β-unsaturated/α-hetero) is 1. The van der Waals surface area contributed by atoms with E-state index in [2.05, 4.69) is 4.98 Å². The van der Waals surface area contributed by atoms with Crippen LogP contribution in [0.5, 0.6) is 0 Å². The molecule has 1 heterocycles. The lowest BCUT2D eigenvalue weighted by Crippen LogP contribution is -2.16. The van der Waals surface area contributed by atoms with E-state index in [1.807, 2.05) is 79.7 Å². The van der Waals surface area contributed by atoms with Crippen molar-refractivity contribution in [3.8, 4) is 0 Å². The van der Waals surface area contributed by atoms with E-state index in [1.165, 1.54) is 0 Å². The normalized spacial score (nSPS) is 11.9. The highest BCUT2D eigenvalue weighted by molar-refractivity contribution is 6.03. The Hall–Kier alpha value is -2.74. The largest absolute Gasteiger partial charge is 0.293 e. The number of hydrogen-bond donors (Lipinski definition) is 0. The van der Waals surface area contributed by atoms with E-state index in [1.54, 1.807) is 6.20 Å². The van der Waals surface area contributed by atoms with Crippen LogP contribution in [0.25, 0.3) is 0 Å². The molecule has 0 amide bonds. The molecule has 1 atom stereocenters. The smallest absolute Gasteiger partial charge is 0.176 e. The van der Waals surface area contributed by atoms with Gasteiger partial charge in [-0.2, -0.15) is 0 Å². The number of pyridine rings is 1. The zero-order chi connectivity index (χ0) is 15.4. The standard InChI is InChI=1S/C20H17NO/c1-15-9-5-6-12-17(15)20(22)19(16-10-3-2-4-11-16)18-13-7-8-14-21-18/h2-14,19H,1H3/t19-/m1/s1. The Morgan fingerprint density at radius 2 is 1.55 bits per heavy atom. The number of hydrogen-bond acceptors (Lipinski definition) is 2. The lowest BCUT2D eigenvalue weighted by molar-refractivity contribution is 0.0972. The first-order valence-electron chi connectivity index (χ1n) is 7.33. The van der Waals surface area contributed by atoms with Gasteiger partial charge in [0.1, 0.15) is 0 Å². The first-order valence-corrected chi connectivity index (χ1v) is 7.33. The zero-order valence-electron chi connectivity index (χ0n) is 12.4. The minimum atomic E-state index is -0.372. The van der Waals surface area contributed by atoms with Crippen molar-refractivity contribution in [3.05, 3.63) is 101 Å². The molecule has 0 aliphatic heterocycles. The van der Waals surface area contributed by atoms with Gasteiger partial charge in [-0.15, -0.1) is 0 Å². The molecule has 0 aliphatic rings. The van der Waals surface area contributed by atoms with E-state index >= 15 is 0 Å². The van der Waals surface area contributed by atoms with Crippen LogP contribution in [-0.2, 0) is 0 Å². The number of carbonyl (C=O) groups is 1. The van der Waals surface area contributed by atoms with Crippen LogP contribution in [0.1, 0.15) is 33.1 Å². The Balaban J connectivity index is 2.11. The first-order chi connectivity index (χ1) is 10.8. The number of rotatable bonds is 4. The lowest BCUT2D eigenvalue weighted by Gasteiger charge is -2.17. The number of benzene rings is 2. The summed E-state index contributed by atoms with van der Waals surface area (Å²) in [5, 5.41) is 0. The first kappa shape index (κ1) is 14.2. The van der Waals surface area contributed by atoms with Gasteiger partial charge in [-0.25, -0.2) is 0 Å². The number of aryl methyl sites for hydroxylation is 1. The Morgan fingerprint density at radius 3 is 2.23 bits per heavy atom. The summed E-state index contributed by atoms with van der Waals surface area (Å²) >= 11 is 0. The SMILES string of the molecule is Cc1ccccc1C(=O)[C@H](c1ccccc1)c1ccccn1.